The highest BCUT2D eigenvalue weighted by Crippen LogP contribution is 2.30. The Balaban J connectivity index is 2.12. The molecule has 4 nitrogen and oxygen atoms in total. The van der Waals surface area contributed by atoms with Crippen molar-refractivity contribution in [1.29, 1.82) is 0 Å². The van der Waals surface area contributed by atoms with E-state index in [4.69, 9.17) is 4.74 Å². The molecule has 2 rings (SSSR count). The largest absolute Gasteiger partial charge is 0.374 e. The summed E-state index contributed by atoms with van der Waals surface area (Å²) in [5.41, 5.74) is 1.24. The second-order valence-corrected chi connectivity index (χ2v) is 8.65. The summed E-state index contributed by atoms with van der Waals surface area (Å²) in [4.78, 5) is 0.447. The maximum atomic E-state index is 12.8. The minimum absolute atomic E-state index is 0.281. The molecule has 1 aliphatic rings. The van der Waals surface area contributed by atoms with Crippen molar-refractivity contribution in [2.45, 2.75) is 63.9 Å². The number of nitrogens with one attached hydrogen (secondary N) is 1. The van der Waals surface area contributed by atoms with E-state index < -0.39 is 15.6 Å². The summed E-state index contributed by atoms with van der Waals surface area (Å²) >= 11 is 0. The summed E-state index contributed by atoms with van der Waals surface area (Å²) in [5.74, 6) is 0.665. The maximum Gasteiger partial charge on any atom is 0.241 e. The first-order valence-electron chi connectivity index (χ1n) is 8.53. The van der Waals surface area contributed by atoms with Gasteiger partial charge in [0.1, 0.15) is 0 Å². The molecule has 0 heterocycles. The lowest BCUT2D eigenvalue weighted by molar-refractivity contribution is -0.0185. The molecule has 0 aliphatic heterocycles. The molecule has 23 heavy (non-hydrogen) atoms. The van der Waals surface area contributed by atoms with Crippen LogP contribution in [0.2, 0.25) is 0 Å². The lowest BCUT2D eigenvalue weighted by Gasteiger charge is -2.26. The Morgan fingerprint density at radius 1 is 1.17 bits per heavy atom. The normalized spacial score (nSPS) is 15.8. The molecule has 0 saturated heterocycles. The van der Waals surface area contributed by atoms with E-state index in [9.17, 15) is 8.42 Å². The van der Waals surface area contributed by atoms with Crippen LogP contribution in [0.4, 0.5) is 0 Å². The van der Waals surface area contributed by atoms with Crippen LogP contribution in [0.15, 0.2) is 23.1 Å². The zero-order valence-electron chi connectivity index (χ0n) is 14.7. The zero-order valence-corrected chi connectivity index (χ0v) is 15.5. The number of benzene rings is 1. The van der Waals surface area contributed by atoms with Crippen LogP contribution >= 0.6 is 0 Å². The van der Waals surface area contributed by atoms with Gasteiger partial charge in [0.2, 0.25) is 10.0 Å². The summed E-state index contributed by atoms with van der Waals surface area (Å²) in [7, 11) is -3.53. The third-order valence-corrected chi connectivity index (χ3v) is 5.89. The predicted octanol–water partition coefficient (Wildman–Crippen LogP) is 3.29. The van der Waals surface area contributed by atoms with Gasteiger partial charge < -0.3 is 4.74 Å². The predicted molar refractivity (Wildman–Crippen MR) is 93.1 cm³/mol. The summed E-state index contributed by atoms with van der Waals surface area (Å²) < 4.78 is 34.3. The Hall–Kier alpha value is -0.910. The van der Waals surface area contributed by atoms with Gasteiger partial charge in [0.25, 0.3) is 0 Å². The van der Waals surface area contributed by atoms with E-state index in [2.05, 4.69) is 4.72 Å². The number of sulfonamides is 1. The fraction of sp³-hybridized carbons (Fsp3) is 0.667. The van der Waals surface area contributed by atoms with Gasteiger partial charge in [0, 0.05) is 6.54 Å². The molecule has 1 aromatic carbocycles. The van der Waals surface area contributed by atoms with Crippen LogP contribution in [0.25, 0.3) is 0 Å². The minimum atomic E-state index is -3.53. The van der Waals surface area contributed by atoms with Crippen LogP contribution in [0, 0.1) is 5.92 Å². The van der Waals surface area contributed by atoms with Crippen LogP contribution in [-0.2, 0) is 27.6 Å². The smallest absolute Gasteiger partial charge is 0.241 e. The van der Waals surface area contributed by atoms with E-state index in [0.717, 1.165) is 17.7 Å². The Morgan fingerprint density at radius 3 is 2.22 bits per heavy atom. The zero-order chi connectivity index (χ0) is 17.1. The molecule has 1 fully saturated rings. The van der Waals surface area contributed by atoms with Gasteiger partial charge in [-0.15, -0.1) is 0 Å². The van der Waals surface area contributed by atoms with Crippen LogP contribution in [0.5, 0.6) is 0 Å². The molecule has 0 spiro atoms. The SMILES string of the molecule is CCc1cccc(CC)c1S(=O)(=O)NCC(C)(C)OCC1CC1. The molecule has 1 aliphatic carbocycles. The average molecular weight is 340 g/mol. The third-order valence-electron chi connectivity index (χ3n) is 4.30. The molecule has 1 aromatic rings. The van der Waals surface area contributed by atoms with Crippen LogP contribution in [0.1, 0.15) is 51.7 Å². The second kappa shape index (κ2) is 7.32. The minimum Gasteiger partial charge on any atom is -0.374 e. The van der Waals surface area contributed by atoms with Gasteiger partial charge in [0.15, 0.2) is 0 Å². The summed E-state index contributed by atoms with van der Waals surface area (Å²) in [5, 5.41) is 0. The van der Waals surface area contributed by atoms with Crippen molar-refractivity contribution < 1.29 is 13.2 Å². The van der Waals surface area contributed by atoms with Crippen molar-refractivity contribution >= 4 is 10.0 Å². The van der Waals surface area contributed by atoms with Crippen molar-refractivity contribution in [1.82, 2.24) is 4.72 Å². The molecule has 5 heteroatoms. The van der Waals surface area contributed by atoms with Crippen LogP contribution < -0.4 is 4.72 Å². The van der Waals surface area contributed by atoms with Gasteiger partial charge in [-0.2, -0.15) is 0 Å². The Bertz CT molecular complexity index is 611. The topological polar surface area (TPSA) is 55.4 Å². The second-order valence-electron chi connectivity index (χ2n) is 6.95. The molecular formula is C18H29NO3S. The Morgan fingerprint density at radius 2 is 1.74 bits per heavy atom. The molecule has 130 valence electrons. The van der Waals surface area contributed by atoms with Crippen molar-refractivity contribution in [3.8, 4) is 0 Å². The van der Waals surface area contributed by atoms with E-state index in [-0.39, 0.29) is 6.54 Å². The van der Waals surface area contributed by atoms with Gasteiger partial charge in [-0.05, 0) is 56.6 Å². The average Bonchev–Trinajstić information content (AvgIpc) is 3.35. The highest BCUT2D eigenvalue weighted by atomic mass is 32.2. The molecule has 0 radical (unpaired) electrons. The van der Waals surface area contributed by atoms with Crippen molar-refractivity contribution in [2.75, 3.05) is 13.2 Å². The van der Waals surface area contributed by atoms with Gasteiger partial charge in [-0.1, -0.05) is 32.0 Å². The quantitative estimate of drug-likeness (QED) is 0.751. The monoisotopic (exact) mass is 339 g/mol. The third kappa shape index (κ3) is 5.03. The van der Waals surface area contributed by atoms with E-state index in [0.29, 0.717) is 23.7 Å². The number of aryl methyl sites for hydroxylation is 2. The molecule has 0 amide bonds. The molecule has 0 aromatic heterocycles. The number of ether oxygens (including phenoxy) is 1. The Labute approximate surface area is 140 Å². The van der Waals surface area contributed by atoms with Crippen molar-refractivity contribution in [3.63, 3.8) is 0 Å². The molecule has 0 unspecified atom stereocenters. The summed E-state index contributed by atoms with van der Waals surface area (Å²) in [6, 6.07) is 5.71. The number of rotatable bonds is 9. The summed E-state index contributed by atoms with van der Waals surface area (Å²) in [6.07, 6.45) is 3.86. The van der Waals surface area contributed by atoms with E-state index >= 15 is 0 Å². The lowest BCUT2D eigenvalue weighted by Crippen LogP contribution is -2.41. The van der Waals surface area contributed by atoms with Gasteiger partial charge in [-0.3, -0.25) is 0 Å². The van der Waals surface area contributed by atoms with Gasteiger partial charge in [-0.25, -0.2) is 13.1 Å². The van der Waals surface area contributed by atoms with Crippen molar-refractivity contribution in [2.24, 2.45) is 5.92 Å². The standard InChI is InChI=1S/C18H29NO3S/c1-5-15-8-7-9-16(6-2)17(15)23(20,21)19-13-18(3,4)22-12-14-10-11-14/h7-9,14,19H,5-6,10-13H2,1-4H3. The molecule has 1 saturated carbocycles. The highest BCUT2D eigenvalue weighted by Gasteiger charge is 2.29. The number of hydrogen-bond donors (Lipinski definition) is 1. The van der Waals surface area contributed by atoms with Gasteiger partial charge >= 0.3 is 0 Å². The molecular weight excluding hydrogens is 310 g/mol. The van der Waals surface area contributed by atoms with Gasteiger partial charge in [0.05, 0.1) is 17.1 Å². The fourth-order valence-electron chi connectivity index (χ4n) is 2.56. The number of hydrogen-bond acceptors (Lipinski definition) is 3. The van der Waals surface area contributed by atoms with Crippen molar-refractivity contribution in [3.05, 3.63) is 29.3 Å². The van der Waals surface area contributed by atoms with E-state index in [1.165, 1.54) is 12.8 Å². The molecule has 0 bridgehead atoms. The van der Waals surface area contributed by atoms with E-state index in [1.807, 2.05) is 45.9 Å². The van der Waals surface area contributed by atoms with Crippen LogP contribution in [-0.4, -0.2) is 27.2 Å². The highest BCUT2D eigenvalue weighted by molar-refractivity contribution is 7.89. The molecule has 1 N–H and O–H groups in total. The first-order chi connectivity index (χ1) is 10.8. The first kappa shape index (κ1) is 18.4. The first-order valence-corrected chi connectivity index (χ1v) is 10.0. The molecule has 0 atom stereocenters. The fourth-order valence-corrected chi connectivity index (χ4v) is 4.36. The van der Waals surface area contributed by atoms with Crippen LogP contribution in [0.3, 0.4) is 0 Å². The summed E-state index contributed by atoms with van der Waals surface area (Å²) in [6.45, 7) is 8.84. The van der Waals surface area contributed by atoms with E-state index in [1.54, 1.807) is 0 Å². The maximum absolute atomic E-state index is 12.8. The lowest BCUT2D eigenvalue weighted by atomic mass is 10.1. The Kier molecular flexibility index (Phi) is 5.87.